The number of aliphatic hydroxyl groups is 3. The summed E-state index contributed by atoms with van der Waals surface area (Å²) in [5.41, 5.74) is 11.4. The molecule has 0 aliphatic heterocycles. The Morgan fingerprint density at radius 1 is 1.00 bits per heavy atom. The first-order chi connectivity index (χ1) is 7.47. The molecule has 5 nitrogen and oxygen atoms in total. The van der Waals surface area contributed by atoms with Gasteiger partial charge in [-0.3, -0.25) is 0 Å². The van der Waals surface area contributed by atoms with E-state index in [4.69, 9.17) is 26.8 Å². The Hall–Kier alpha value is -1.14. The molecule has 0 amide bonds. The van der Waals surface area contributed by atoms with Crippen LogP contribution in [-0.4, -0.2) is 40.7 Å². The van der Waals surface area contributed by atoms with Crippen LogP contribution in [0.1, 0.15) is 5.56 Å². The van der Waals surface area contributed by atoms with Gasteiger partial charge in [0, 0.05) is 5.69 Å². The zero-order valence-corrected chi connectivity index (χ0v) is 9.43. The molecule has 0 saturated heterocycles. The van der Waals surface area contributed by atoms with Gasteiger partial charge >= 0.3 is 0 Å². The lowest BCUT2D eigenvalue weighted by molar-refractivity contribution is 0.0698. The van der Waals surface area contributed by atoms with E-state index in [9.17, 15) is 0 Å². The van der Waals surface area contributed by atoms with Crippen molar-refractivity contribution < 1.29 is 15.3 Å². The summed E-state index contributed by atoms with van der Waals surface area (Å²) in [5.74, 6) is 0. The van der Waals surface area contributed by atoms with E-state index in [0.29, 0.717) is 0 Å². The molecule has 7 N–H and O–H groups in total. The zero-order valence-electron chi connectivity index (χ0n) is 9.43. The smallest absolute Gasteiger partial charge is 0.0856 e. The van der Waals surface area contributed by atoms with Crippen molar-refractivity contribution in [2.45, 2.75) is 12.5 Å². The van der Waals surface area contributed by atoms with Gasteiger partial charge in [-0.15, -0.1) is 0 Å². The van der Waals surface area contributed by atoms with E-state index in [0.717, 1.165) is 5.69 Å². The average Bonchev–Trinajstić information content (AvgIpc) is 2.33. The number of nitrogens with two attached hydrogens (primary N) is 2. The molecule has 1 aromatic rings. The summed E-state index contributed by atoms with van der Waals surface area (Å²) in [6.07, 6.45) is 0. The zero-order chi connectivity index (χ0) is 12.6. The molecule has 0 bridgehead atoms. The summed E-state index contributed by atoms with van der Waals surface area (Å²) < 4.78 is 0. The van der Waals surface area contributed by atoms with Crippen molar-refractivity contribution in [1.29, 1.82) is 0 Å². The van der Waals surface area contributed by atoms with E-state index in [-0.39, 0.29) is 0 Å². The average molecular weight is 228 g/mol. The van der Waals surface area contributed by atoms with E-state index in [1.165, 1.54) is 5.56 Å². The lowest BCUT2D eigenvalue weighted by Gasteiger charge is -2.20. The second kappa shape index (κ2) is 7.19. The lowest BCUT2D eigenvalue weighted by atomic mass is 10.1. The first-order valence-electron chi connectivity index (χ1n) is 4.91. The highest BCUT2D eigenvalue weighted by Gasteiger charge is 2.20. The summed E-state index contributed by atoms with van der Waals surface area (Å²) in [6, 6.07) is 7.79. The Bertz CT molecular complexity index is 255. The minimum absolute atomic E-state index is 0.403. The van der Waals surface area contributed by atoms with E-state index in [1.807, 2.05) is 31.2 Å². The second-order valence-corrected chi connectivity index (χ2v) is 3.75. The van der Waals surface area contributed by atoms with Crippen LogP contribution in [0.15, 0.2) is 24.3 Å². The van der Waals surface area contributed by atoms with Gasteiger partial charge in [0.2, 0.25) is 0 Å². The number of anilines is 1. The van der Waals surface area contributed by atoms with Crippen molar-refractivity contribution in [1.82, 2.24) is 0 Å². The lowest BCUT2D eigenvalue weighted by Crippen LogP contribution is -2.50. The molecule has 0 unspecified atom stereocenters. The van der Waals surface area contributed by atoms with Gasteiger partial charge in [0.1, 0.15) is 0 Å². The van der Waals surface area contributed by atoms with Crippen LogP contribution in [0.3, 0.4) is 0 Å². The molecule has 0 heterocycles. The van der Waals surface area contributed by atoms with Gasteiger partial charge in [-0.05, 0) is 19.1 Å². The summed E-state index contributed by atoms with van der Waals surface area (Å²) in [4.78, 5) is 0. The number of rotatable bonds is 3. The number of aryl methyl sites for hydroxylation is 1. The van der Waals surface area contributed by atoms with Gasteiger partial charge in [0.15, 0.2) is 0 Å². The van der Waals surface area contributed by atoms with Gasteiger partial charge in [-0.2, -0.15) is 0 Å². The highest BCUT2D eigenvalue weighted by molar-refractivity contribution is 5.38. The van der Waals surface area contributed by atoms with Crippen LogP contribution in [0.2, 0.25) is 0 Å². The number of benzene rings is 1. The molecule has 0 atom stereocenters. The van der Waals surface area contributed by atoms with E-state index >= 15 is 0 Å². The van der Waals surface area contributed by atoms with Crippen LogP contribution in [0.25, 0.3) is 0 Å². The van der Waals surface area contributed by atoms with Crippen LogP contribution >= 0.6 is 0 Å². The Labute approximate surface area is 95.3 Å². The Morgan fingerprint density at radius 2 is 1.38 bits per heavy atom. The fourth-order valence-electron chi connectivity index (χ4n) is 0.716. The molecule has 1 aromatic carbocycles. The van der Waals surface area contributed by atoms with Crippen molar-refractivity contribution in [3.05, 3.63) is 29.8 Å². The monoisotopic (exact) mass is 228 g/mol. The molecule has 0 radical (unpaired) electrons. The molecular formula is C11H20N2O3. The summed E-state index contributed by atoms with van der Waals surface area (Å²) >= 11 is 0. The number of hydrogen-bond acceptors (Lipinski definition) is 5. The van der Waals surface area contributed by atoms with Gasteiger partial charge < -0.3 is 26.8 Å². The van der Waals surface area contributed by atoms with E-state index < -0.39 is 25.4 Å². The molecule has 0 aromatic heterocycles. The maximum absolute atomic E-state index is 8.34. The predicted octanol–water partition coefficient (Wildman–Crippen LogP) is -0.762. The number of nitrogen functional groups attached to an aromatic ring is 1. The van der Waals surface area contributed by atoms with Crippen LogP contribution in [0.4, 0.5) is 5.69 Å². The van der Waals surface area contributed by atoms with E-state index in [1.54, 1.807) is 0 Å². The van der Waals surface area contributed by atoms with Crippen molar-refractivity contribution in [3.63, 3.8) is 0 Å². The summed E-state index contributed by atoms with van der Waals surface area (Å²) in [5, 5.41) is 25.0. The van der Waals surface area contributed by atoms with Crippen molar-refractivity contribution in [2.75, 3.05) is 25.6 Å². The van der Waals surface area contributed by atoms with Gasteiger partial charge in [-0.1, -0.05) is 17.7 Å². The first-order valence-corrected chi connectivity index (χ1v) is 4.91. The molecule has 0 spiro atoms. The minimum atomic E-state index is -1.21. The SMILES string of the molecule is Cc1ccc(N)cc1.NC(CO)(CO)CO. The van der Waals surface area contributed by atoms with Crippen LogP contribution in [-0.2, 0) is 0 Å². The fraction of sp³-hybridized carbons (Fsp3) is 0.455. The maximum Gasteiger partial charge on any atom is 0.0856 e. The quantitative estimate of drug-likeness (QED) is 0.436. The Morgan fingerprint density at radius 3 is 1.56 bits per heavy atom. The molecule has 0 aliphatic carbocycles. The third-order valence-electron chi connectivity index (χ3n) is 2.02. The fourth-order valence-corrected chi connectivity index (χ4v) is 0.716. The van der Waals surface area contributed by atoms with Gasteiger partial charge in [0.05, 0.1) is 25.4 Å². The third-order valence-corrected chi connectivity index (χ3v) is 2.02. The number of aliphatic hydroxyl groups excluding tert-OH is 3. The van der Waals surface area contributed by atoms with Gasteiger partial charge in [-0.25, -0.2) is 0 Å². The molecule has 0 fully saturated rings. The first kappa shape index (κ1) is 14.9. The molecular weight excluding hydrogens is 208 g/mol. The van der Waals surface area contributed by atoms with Crippen molar-refractivity contribution in [3.8, 4) is 0 Å². The molecule has 0 saturated carbocycles. The standard InChI is InChI=1S/C7H9N.C4H11NO3/c1-6-2-4-7(8)5-3-6;5-4(1-6,2-7)3-8/h2-5H,8H2,1H3;6-8H,1-3,5H2. The van der Waals surface area contributed by atoms with Crippen LogP contribution in [0.5, 0.6) is 0 Å². The molecule has 16 heavy (non-hydrogen) atoms. The van der Waals surface area contributed by atoms with Crippen molar-refractivity contribution >= 4 is 5.69 Å². The molecule has 1 rings (SSSR count). The minimum Gasteiger partial charge on any atom is -0.399 e. The van der Waals surface area contributed by atoms with Crippen LogP contribution < -0.4 is 11.5 Å². The number of hydrogen-bond donors (Lipinski definition) is 5. The maximum atomic E-state index is 8.34. The summed E-state index contributed by atoms with van der Waals surface area (Å²) in [7, 11) is 0. The highest BCUT2D eigenvalue weighted by atomic mass is 16.3. The van der Waals surface area contributed by atoms with Crippen molar-refractivity contribution in [2.24, 2.45) is 5.73 Å². The van der Waals surface area contributed by atoms with Gasteiger partial charge in [0.25, 0.3) is 0 Å². The Balaban J connectivity index is 0.000000281. The molecule has 0 aliphatic rings. The third kappa shape index (κ3) is 5.67. The summed E-state index contributed by atoms with van der Waals surface area (Å²) in [6.45, 7) is 0.833. The second-order valence-electron chi connectivity index (χ2n) is 3.75. The normalized spacial score (nSPS) is 10.6. The Kier molecular flexibility index (Phi) is 6.67. The molecule has 92 valence electrons. The predicted molar refractivity (Wildman–Crippen MR) is 63.8 cm³/mol. The topological polar surface area (TPSA) is 113 Å². The molecule has 5 heteroatoms. The highest BCUT2D eigenvalue weighted by Crippen LogP contribution is 2.02. The van der Waals surface area contributed by atoms with Crippen LogP contribution in [0, 0.1) is 6.92 Å². The van der Waals surface area contributed by atoms with E-state index in [2.05, 4.69) is 0 Å². The largest absolute Gasteiger partial charge is 0.399 e.